The maximum atomic E-state index is 9.53. The summed E-state index contributed by atoms with van der Waals surface area (Å²) in [6, 6.07) is 17.8. The number of ether oxygens (including phenoxy) is 1. The minimum atomic E-state index is 0.292. The normalized spacial score (nSPS) is 23.2. The van der Waals surface area contributed by atoms with Crippen LogP contribution in [0, 0.1) is 11.3 Å². The number of nitrogens with zero attached hydrogens (tertiary/aromatic N) is 6. The quantitative estimate of drug-likeness (QED) is 0.572. The number of anilines is 2. The largest absolute Gasteiger partial charge is 0.491 e. The summed E-state index contributed by atoms with van der Waals surface area (Å²) >= 11 is 0. The molecular formula is C28H32N6O. The van der Waals surface area contributed by atoms with E-state index in [-0.39, 0.29) is 0 Å². The van der Waals surface area contributed by atoms with Gasteiger partial charge in [-0.05, 0) is 44.3 Å². The summed E-state index contributed by atoms with van der Waals surface area (Å²) in [7, 11) is 2.19. The molecule has 0 amide bonds. The zero-order chi connectivity index (χ0) is 23.9. The maximum Gasteiger partial charge on any atom is 0.125 e. The van der Waals surface area contributed by atoms with Gasteiger partial charge >= 0.3 is 0 Å². The van der Waals surface area contributed by atoms with Crippen molar-refractivity contribution in [1.29, 1.82) is 5.26 Å². The smallest absolute Gasteiger partial charge is 0.125 e. The third-order valence-corrected chi connectivity index (χ3v) is 7.86. The van der Waals surface area contributed by atoms with E-state index in [1.54, 1.807) is 6.20 Å². The van der Waals surface area contributed by atoms with E-state index in [9.17, 15) is 5.26 Å². The highest BCUT2D eigenvalue weighted by Gasteiger charge is 2.36. The molecule has 6 rings (SSSR count). The minimum absolute atomic E-state index is 0.292. The van der Waals surface area contributed by atoms with Crippen molar-refractivity contribution in [3.8, 4) is 11.8 Å². The van der Waals surface area contributed by atoms with Crippen molar-refractivity contribution in [1.82, 2.24) is 14.8 Å². The standard InChI is InChI=1S/C28H32N6O/c1-20-16-33(26-8-6-21(15-29)28-25(26)4-3-9-30-28)18-24-19-35-27-14-23(7-5-22(27)17-34(20)24)32-12-10-31(2)11-13-32/h3-9,14,20,24H,10-13,16-19H2,1-2H3/t20-,24-/m1/s1. The van der Waals surface area contributed by atoms with Gasteiger partial charge in [-0.15, -0.1) is 0 Å². The number of aromatic nitrogens is 1. The Morgan fingerprint density at radius 3 is 2.71 bits per heavy atom. The Morgan fingerprint density at radius 2 is 1.89 bits per heavy atom. The molecule has 2 fully saturated rings. The molecule has 2 aromatic carbocycles. The van der Waals surface area contributed by atoms with Crippen molar-refractivity contribution < 1.29 is 4.74 Å². The topological polar surface area (TPSA) is 58.9 Å². The number of rotatable bonds is 2. The molecule has 1 aromatic heterocycles. The first-order valence-corrected chi connectivity index (χ1v) is 12.6. The van der Waals surface area contributed by atoms with E-state index in [1.807, 2.05) is 12.1 Å². The molecule has 35 heavy (non-hydrogen) atoms. The number of hydrogen-bond acceptors (Lipinski definition) is 7. The van der Waals surface area contributed by atoms with Crippen LogP contribution in [0.3, 0.4) is 0 Å². The fraction of sp³-hybridized carbons (Fsp3) is 0.429. The van der Waals surface area contributed by atoms with E-state index in [2.05, 4.69) is 75.0 Å². The summed E-state index contributed by atoms with van der Waals surface area (Å²) in [5.41, 5.74) is 5.10. The number of piperazine rings is 2. The molecule has 3 aliphatic heterocycles. The maximum absolute atomic E-state index is 9.53. The Kier molecular flexibility index (Phi) is 5.71. The Bertz CT molecular complexity index is 1280. The summed E-state index contributed by atoms with van der Waals surface area (Å²) < 4.78 is 6.47. The molecule has 0 unspecified atom stereocenters. The van der Waals surface area contributed by atoms with E-state index < -0.39 is 0 Å². The van der Waals surface area contributed by atoms with Crippen LogP contribution < -0.4 is 14.5 Å². The number of hydrogen-bond donors (Lipinski definition) is 0. The number of likely N-dealkylation sites (N-methyl/N-ethyl adjacent to an activating group) is 1. The van der Waals surface area contributed by atoms with Crippen molar-refractivity contribution in [2.24, 2.45) is 0 Å². The van der Waals surface area contributed by atoms with Crippen molar-refractivity contribution in [3.63, 3.8) is 0 Å². The van der Waals surface area contributed by atoms with Gasteiger partial charge in [0.25, 0.3) is 0 Å². The number of pyridine rings is 1. The average molecular weight is 469 g/mol. The zero-order valence-electron chi connectivity index (χ0n) is 20.5. The van der Waals surface area contributed by atoms with Gasteiger partial charge < -0.3 is 19.4 Å². The highest BCUT2D eigenvalue weighted by Crippen LogP contribution is 2.35. The lowest BCUT2D eigenvalue weighted by molar-refractivity contribution is 0.0892. The molecule has 3 aromatic rings. The first-order chi connectivity index (χ1) is 17.1. The lowest BCUT2D eigenvalue weighted by Gasteiger charge is -2.45. The van der Waals surface area contributed by atoms with Gasteiger partial charge in [-0.2, -0.15) is 5.26 Å². The fourth-order valence-electron chi connectivity index (χ4n) is 5.82. The van der Waals surface area contributed by atoms with Gasteiger partial charge in [0.1, 0.15) is 18.4 Å². The van der Waals surface area contributed by atoms with E-state index in [1.165, 1.54) is 11.3 Å². The predicted molar refractivity (Wildman–Crippen MR) is 139 cm³/mol. The number of nitriles is 1. The Labute approximate surface area is 207 Å². The average Bonchev–Trinajstić information content (AvgIpc) is 3.08. The van der Waals surface area contributed by atoms with Crippen LogP contribution in [0.25, 0.3) is 10.9 Å². The Balaban J connectivity index is 1.25. The van der Waals surface area contributed by atoms with Crippen LogP contribution in [0.5, 0.6) is 5.75 Å². The highest BCUT2D eigenvalue weighted by atomic mass is 16.5. The van der Waals surface area contributed by atoms with E-state index in [0.717, 1.165) is 68.2 Å². The monoisotopic (exact) mass is 468 g/mol. The third kappa shape index (κ3) is 4.07. The Morgan fingerprint density at radius 1 is 1.03 bits per heavy atom. The molecule has 7 heteroatoms. The molecule has 0 bridgehead atoms. The SMILES string of the molecule is C[C@@H]1CN(c2ccc(C#N)c3ncccc23)C[C@@H]2COc3cc(N4CCN(C)CC4)ccc3CN21. The van der Waals surface area contributed by atoms with Gasteiger partial charge in [-0.3, -0.25) is 9.88 Å². The molecule has 0 radical (unpaired) electrons. The second-order valence-electron chi connectivity index (χ2n) is 10.1. The second-order valence-corrected chi connectivity index (χ2v) is 10.1. The van der Waals surface area contributed by atoms with Crippen molar-refractivity contribution in [2.45, 2.75) is 25.6 Å². The van der Waals surface area contributed by atoms with E-state index >= 15 is 0 Å². The van der Waals surface area contributed by atoms with Gasteiger partial charge in [0.15, 0.2) is 0 Å². The zero-order valence-corrected chi connectivity index (χ0v) is 20.5. The Hall–Kier alpha value is -3.34. The summed E-state index contributed by atoms with van der Waals surface area (Å²) in [4.78, 5) is 14.4. The third-order valence-electron chi connectivity index (χ3n) is 7.86. The summed E-state index contributed by atoms with van der Waals surface area (Å²) in [5.74, 6) is 1.03. The van der Waals surface area contributed by atoms with E-state index in [0.29, 0.717) is 24.3 Å². The fourth-order valence-corrected chi connectivity index (χ4v) is 5.82. The summed E-state index contributed by atoms with van der Waals surface area (Å²) in [6.07, 6.45) is 1.76. The summed E-state index contributed by atoms with van der Waals surface area (Å²) in [5, 5.41) is 10.6. The second kappa shape index (κ2) is 9.03. The van der Waals surface area contributed by atoms with Gasteiger partial charge in [0.2, 0.25) is 0 Å². The van der Waals surface area contributed by atoms with Crippen molar-refractivity contribution in [2.75, 3.05) is 62.7 Å². The molecule has 0 spiro atoms. The molecule has 4 heterocycles. The molecule has 7 nitrogen and oxygen atoms in total. The van der Waals surface area contributed by atoms with Gasteiger partial charge in [0, 0.05) is 86.4 Å². The van der Waals surface area contributed by atoms with Crippen LogP contribution in [0.2, 0.25) is 0 Å². The highest BCUT2D eigenvalue weighted by molar-refractivity contribution is 5.95. The van der Waals surface area contributed by atoms with Crippen LogP contribution >= 0.6 is 0 Å². The molecule has 0 N–H and O–H groups in total. The molecule has 2 atom stereocenters. The van der Waals surface area contributed by atoms with Crippen molar-refractivity contribution in [3.05, 3.63) is 59.8 Å². The van der Waals surface area contributed by atoms with Crippen molar-refractivity contribution >= 4 is 22.3 Å². The van der Waals surface area contributed by atoms with Crippen LogP contribution in [0.4, 0.5) is 11.4 Å². The molecule has 2 saturated heterocycles. The van der Waals surface area contributed by atoms with Gasteiger partial charge in [-0.25, -0.2) is 0 Å². The predicted octanol–water partition coefficient (Wildman–Crippen LogP) is 3.33. The minimum Gasteiger partial charge on any atom is -0.491 e. The first kappa shape index (κ1) is 22.1. The molecule has 0 saturated carbocycles. The summed E-state index contributed by atoms with van der Waals surface area (Å²) in [6.45, 7) is 10.0. The number of fused-ring (bicyclic) bond motifs is 3. The number of benzene rings is 2. The lowest BCUT2D eigenvalue weighted by atomic mass is 10.0. The van der Waals surface area contributed by atoms with Gasteiger partial charge in [-0.1, -0.05) is 6.07 Å². The molecule has 180 valence electrons. The van der Waals surface area contributed by atoms with Gasteiger partial charge in [0.05, 0.1) is 17.1 Å². The molecule has 3 aliphatic rings. The molecule has 0 aliphatic carbocycles. The first-order valence-electron chi connectivity index (χ1n) is 12.6. The van der Waals surface area contributed by atoms with Crippen LogP contribution in [0.1, 0.15) is 18.1 Å². The lowest BCUT2D eigenvalue weighted by Crippen LogP contribution is -2.58. The van der Waals surface area contributed by atoms with Crippen LogP contribution in [-0.2, 0) is 6.54 Å². The van der Waals surface area contributed by atoms with Crippen LogP contribution in [-0.4, -0.2) is 79.8 Å². The molecular weight excluding hydrogens is 436 g/mol. The van der Waals surface area contributed by atoms with Crippen LogP contribution in [0.15, 0.2) is 48.7 Å². The van der Waals surface area contributed by atoms with E-state index in [4.69, 9.17) is 4.74 Å².